The highest BCUT2D eigenvalue weighted by atomic mass is 79.9. The zero-order chi connectivity index (χ0) is 22.0. The number of carbonyl (C=O) groups is 2. The van der Waals surface area contributed by atoms with Gasteiger partial charge in [-0.1, -0.05) is 30.3 Å². The Labute approximate surface area is 198 Å². The lowest BCUT2D eigenvalue weighted by Crippen LogP contribution is -2.28. The first-order valence-corrected chi connectivity index (χ1v) is 11.4. The molecule has 0 aliphatic carbocycles. The van der Waals surface area contributed by atoms with Crippen molar-refractivity contribution in [3.05, 3.63) is 91.6 Å². The van der Waals surface area contributed by atoms with E-state index in [2.05, 4.69) is 36.9 Å². The number of furan rings is 1. The van der Waals surface area contributed by atoms with Crippen LogP contribution in [0.5, 0.6) is 0 Å². The summed E-state index contributed by atoms with van der Waals surface area (Å²) in [5, 5.41) is 9.63. The molecule has 1 aliphatic heterocycles. The number of carboxylic acid groups (broad SMARTS) is 1. The molecule has 0 bridgehead atoms. The molecule has 0 spiro atoms. The van der Waals surface area contributed by atoms with Crippen LogP contribution in [0.4, 0.5) is 5.69 Å². The molecule has 1 N–H and O–H groups in total. The number of nitrogens with zero attached hydrogens (tertiary/aromatic N) is 2. The highest BCUT2D eigenvalue weighted by Crippen LogP contribution is 2.36. The molecule has 0 radical (unpaired) electrons. The van der Waals surface area contributed by atoms with Crippen molar-refractivity contribution in [2.75, 3.05) is 0 Å². The average Bonchev–Trinajstić information content (AvgIpc) is 3.22. The van der Waals surface area contributed by atoms with E-state index < -0.39 is 5.97 Å². The highest BCUT2D eigenvalue weighted by Gasteiger charge is 2.34. The minimum atomic E-state index is -0.994. The minimum Gasteiger partial charge on any atom is -0.478 e. The Bertz CT molecular complexity index is 1180. The monoisotopic (exact) mass is 560 g/mol. The number of benzene rings is 2. The summed E-state index contributed by atoms with van der Waals surface area (Å²) in [4.78, 5) is 31.0. The maximum Gasteiger partial charge on any atom is 0.335 e. The van der Waals surface area contributed by atoms with Crippen molar-refractivity contribution in [1.82, 2.24) is 4.90 Å². The summed E-state index contributed by atoms with van der Waals surface area (Å²) in [6, 6.07) is 17.6. The van der Waals surface area contributed by atoms with Crippen molar-refractivity contribution in [3.8, 4) is 0 Å². The van der Waals surface area contributed by atoms with Crippen LogP contribution >= 0.6 is 43.6 Å². The van der Waals surface area contributed by atoms with Crippen LogP contribution < -0.4 is 0 Å². The van der Waals surface area contributed by atoms with Crippen molar-refractivity contribution < 1.29 is 19.1 Å². The normalized spacial score (nSPS) is 16.5. The molecular formula is C22H14Br2N2O4S. The van der Waals surface area contributed by atoms with Gasteiger partial charge in [-0.25, -0.2) is 9.79 Å². The summed E-state index contributed by atoms with van der Waals surface area (Å²) >= 11 is 7.93. The second kappa shape index (κ2) is 9.25. The van der Waals surface area contributed by atoms with E-state index in [9.17, 15) is 9.59 Å². The number of hydrogen-bond donors (Lipinski definition) is 1. The van der Waals surface area contributed by atoms with Crippen molar-refractivity contribution in [1.29, 1.82) is 0 Å². The standard InChI is InChI=1S/C22H14Br2N2O4S/c23-17-10-16(30-19(17)24)11-18-20(27)26(12-13-6-8-14(9-7-13)21(28)29)22(31-18)25-15-4-2-1-3-5-15/h1-11H,12H2,(H,28,29)/b18-11-,25-22?. The molecule has 1 amide bonds. The summed E-state index contributed by atoms with van der Waals surface area (Å²) in [5.74, 6) is -0.668. The van der Waals surface area contributed by atoms with Crippen LogP contribution in [0.15, 0.2) is 84.1 Å². The van der Waals surface area contributed by atoms with E-state index >= 15 is 0 Å². The SMILES string of the molecule is O=C(O)c1ccc(CN2C(=O)/C(=C/c3cc(Br)c(Br)o3)SC2=Nc2ccccc2)cc1. The van der Waals surface area contributed by atoms with Gasteiger partial charge in [-0.2, -0.15) is 0 Å². The second-order valence-electron chi connectivity index (χ2n) is 6.50. The number of amides is 1. The fraction of sp³-hybridized carbons (Fsp3) is 0.0455. The molecule has 3 aromatic rings. The van der Waals surface area contributed by atoms with Crippen LogP contribution in [0.2, 0.25) is 0 Å². The third-order valence-corrected chi connectivity index (χ3v) is 7.06. The number of amidine groups is 1. The molecule has 2 heterocycles. The lowest BCUT2D eigenvalue weighted by atomic mass is 10.1. The maximum absolute atomic E-state index is 13.2. The van der Waals surface area contributed by atoms with Crippen LogP contribution in [0, 0.1) is 0 Å². The smallest absolute Gasteiger partial charge is 0.335 e. The average molecular weight is 562 g/mol. The van der Waals surface area contributed by atoms with Gasteiger partial charge in [0, 0.05) is 6.08 Å². The number of aliphatic imine (C=N–C) groups is 1. The van der Waals surface area contributed by atoms with Gasteiger partial charge >= 0.3 is 5.97 Å². The molecule has 0 saturated carbocycles. The van der Waals surface area contributed by atoms with Crippen LogP contribution in [0.3, 0.4) is 0 Å². The van der Waals surface area contributed by atoms with Crippen LogP contribution in [0.25, 0.3) is 6.08 Å². The maximum atomic E-state index is 13.2. The Morgan fingerprint density at radius 1 is 1.13 bits per heavy atom. The zero-order valence-electron chi connectivity index (χ0n) is 15.8. The highest BCUT2D eigenvalue weighted by molar-refractivity contribution is 9.13. The lowest BCUT2D eigenvalue weighted by molar-refractivity contribution is -0.122. The van der Waals surface area contributed by atoms with Gasteiger partial charge in [0.15, 0.2) is 9.84 Å². The molecular weight excluding hydrogens is 548 g/mol. The van der Waals surface area contributed by atoms with E-state index in [1.165, 1.54) is 23.9 Å². The van der Waals surface area contributed by atoms with E-state index in [1.807, 2.05) is 30.3 Å². The van der Waals surface area contributed by atoms with E-state index in [4.69, 9.17) is 9.52 Å². The van der Waals surface area contributed by atoms with Gasteiger partial charge in [-0.15, -0.1) is 0 Å². The number of thioether (sulfide) groups is 1. The van der Waals surface area contributed by atoms with E-state index in [0.29, 0.717) is 20.5 Å². The van der Waals surface area contributed by atoms with Gasteiger partial charge < -0.3 is 9.52 Å². The van der Waals surface area contributed by atoms with Gasteiger partial charge in [-0.05, 0) is 79.5 Å². The number of rotatable bonds is 5. The molecule has 1 aromatic heterocycles. The van der Waals surface area contributed by atoms with E-state index in [-0.39, 0.29) is 18.0 Å². The summed E-state index contributed by atoms with van der Waals surface area (Å²) in [7, 11) is 0. The Morgan fingerprint density at radius 3 is 2.45 bits per heavy atom. The predicted octanol–water partition coefficient (Wildman–Crippen LogP) is 6.31. The number of halogens is 2. The van der Waals surface area contributed by atoms with Crippen molar-refractivity contribution in [2.45, 2.75) is 6.54 Å². The Hall–Kier alpha value is -2.62. The number of aromatic carboxylic acids is 1. The second-order valence-corrected chi connectivity index (χ2v) is 9.09. The van der Waals surface area contributed by atoms with Crippen molar-refractivity contribution in [3.63, 3.8) is 0 Å². The molecule has 1 aliphatic rings. The molecule has 0 atom stereocenters. The predicted molar refractivity (Wildman–Crippen MR) is 127 cm³/mol. The van der Waals surface area contributed by atoms with Gasteiger partial charge in [0.2, 0.25) is 0 Å². The molecule has 156 valence electrons. The largest absolute Gasteiger partial charge is 0.478 e. The molecule has 31 heavy (non-hydrogen) atoms. The Kier molecular flexibility index (Phi) is 6.45. The summed E-state index contributed by atoms with van der Waals surface area (Å²) < 4.78 is 6.88. The summed E-state index contributed by atoms with van der Waals surface area (Å²) in [5.41, 5.74) is 1.72. The Morgan fingerprint density at radius 2 is 1.84 bits per heavy atom. The van der Waals surface area contributed by atoms with E-state index in [0.717, 1.165) is 15.7 Å². The fourth-order valence-electron chi connectivity index (χ4n) is 2.84. The Balaban J connectivity index is 1.67. The van der Waals surface area contributed by atoms with Crippen molar-refractivity contribution in [2.24, 2.45) is 4.99 Å². The molecule has 0 unspecified atom stereocenters. The van der Waals surface area contributed by atoms with Crippen LogP contribution in [-0.4, -0.2) is 27.1 Å². The number of hydrogen-bond acceptors (Lipinski definition) is 5. The summed E-state index contributed by atoms with van der Waals surface area (Å²) in [6.07, 6.45) is 1.68. The molecule has 1 fully saturated rings. The third kappa shape index (κ3) is 5.00. The van der Waals surface area contributed by atoms with Gasteiger partial charge in [-0.3, -0.25) is 9.69 Å². The topological polar surface area (TPSA) is 83.1 Å². The van der Waals surface area contributed by atoms with Crippen molar-refractivity contribution >= 4 is 72.4 Å². The van der Waals surface area contributed by atoms with E-state index in [1.54, 1.807) is 29.2 Å². The number of para-hydroxylation sites is 1. The third-order valence-electron chi connectivity index (χ3n) is 4.35. The molecule has 2 aromatic carbocycles. The van der Waals surface area contributed by atoms with Gasteiger partial charge in [0.25, 0.3) is 5.91 Å². The first kappa shape index (κ1) is 21.6. The zero-order valence-corrected chi connectivity index (χ0v) is 19.8. The first-order chi connectivity index (χ1) is 14.9. The quantitative estimate of drug-likeness (QED) is 0.369. The molecule has 4 rings (SSSR count). The van der Waals surface area contributed by atoms with Crippen LogP contribution in [-0.2, 0) is 11.3 Å². The molecule has 1 saturated heterocycles. The summed E-state index contributed by atoms with van der Waals surface area (Å²) in [6.45, 7) is 0.264. The first-order valence-electron chi connectivity index (χ1n) is 9.03. The van der Waals surface area contributed by atoms with Crippen LogP contribution in [0.1, 0.15) is 21.7 Å². The lowest BCUT2D eigenvalue weighted by Gasteiger charge is -2.16. The fourth-order valence-corrected chi connectivity index (χ4v) is 4.43. The van der Waals surface area contributed by atoms with Gasteiger partial charge in [0.05, 0.1) is 27.2 Å². The molecule has 9 heteroatoms. The number of carboxylic acids is 1. The number of carbonyl (C=O) groups excluding carboxylic acids is 1. The van der Waals surface area contributed by atoms with Gasteiger partial charge in [0.1, 0.15) is 5.76 Å². The minimum absolute atomic E-state index is 0.193. The molecule has 6 nitrogen and oxygen atoms in total.